The van der Waals surface area contributed by atoms with E-state index < -0.39 is 0 Å². The Morgan fingerprint density at radius 1 is 1.00 bits per heavy atom. The first-order valence-electron chi connectivity index (χ1n) is 16.2. The van der Waals surface area contributed by atoms with Crippen LogP contribution in [0, 0.1) is 19.8 Å². The molecule has 0 aromatic heterocycles. The van der Waals surface area contributed by atoms with Crippen LogP contribution in [0.15, 0.2) is 91.0 Å². The second-order valence-electron chi connectivity index (χ2n) is 12.7. The van der Waals surface area contributed by atoms with Crippen LogP contribution in [0.1, 0.15) is 46.5 Å². The standard InChI is InChI=1S/C39H45N3O5/c1-26-13-15-30(16-14-26)21-37(44)40-34-11-8-10-33-38(34)47-36(28(3)22-42(39(33)45)29(4)25-43)24-41(5)23-31-17-19-32(20-18-31)46-35-12-7-6-9-27(35)2/h6-20,28-29,36,43H,21-25H2,1-5H3,(H,40,44)/t28-,29+,36-/m1/s1. The molecule has 8 heteroatoms. The number of nitrogens with zero attached hydrogens (tertiary/aromatic N) is 2. The summed E-state index contributed by atoms with van der Waals surface area (Å²) in [6, 6.07) is 28.7. The lowest BCUT2D eigenvalue weighted by Gasteiger charge is -2.38. The summed E-state index contributed by atoms with van der Waals surface area (Å²) in [4.78, 5) is 30.9. The number of benzene rings is 4. The third-order valence-corrected chi connectivity index (χ3v) is 8.64. The number of rotatable bonds is 11. The molecule has 0 saturated heterocycles. The minimum atomic E-state index is -0.380. The number of aryl methyl sites for hydroxylation is 2. The topological polar surface area (TPSA) is 91.3 Å². The van der Waals surface area contributed by atoms with Crippen molar-refractivity contribution in [2.24, 2.45) is 5.92 Å². The Bertz CT molecular complexity index is 1670. The number of amides is 2. The first-order chi connectivity index (χ1) is 22.6. The molecule has 8 nitrogen and oxygen atoms in total. The van der Waals surface area contributed by atoms with E-state index in [2.05, 4.69) is 29.3 Å². The van der Waals surface area contributed by atoms with Crippen molar-refractivity contribution in [3.05, 3.63) is 119 Å². The van der Waals surface area contributed by atoms with Crippen molar-refractivity contribution in [2.45, 2.75) is 52.8 Å². The highest BCUT2D eigenvalue weighted by Crippen LogP contribution is 2.35. The Morgan fingerprint density at radius 2 is 1.70 bits per heavy atom. The number of anilines is 1. The van der Waals surface area contributed by atoms with Gasteiger partial charge in [0.15, 0.2) is 5.75 Å². The van der Waals surface area contributed by atoms with Crippen LogP contribution >= 0.6 is 0 Å². The van der Waals surface area contributed by atoms with E-state index in [1.165, 1.54) is 0 Å². The first-order valence-corrected chi connectivity index (χ1v) is 16.2. The number of para-hydroxylation sites is 2. The lowest BCUT2D eigenvalue weighted by molar-refractivity contribution is -0.115. The summed E-state index contributed by atoms with van der Waals surface area (Å²) >= 11 is 0. The van der Waals surface area contributed by atoms with E-state index in [0.717, 1.165) is 33.8 Å². The third-order valence-electron chi connectivity index (χ3n) is 8.64. The summed E-state index contributed by atoms with van der Waals surface area (Å²) in [5.74, 6) is 1.47. The van der Waals surface area contributed by atoms with E-state index in [9.17, 15) is 14.7 Å². The molecule has 0 saturated carbocycles. The molecule has 0 fully saturated rings. The van der Waals surface area contributed by atoms with Gasteiger partial charge >= 0.3 is 0 Å². The molecule has 5 rings (SSSR count). The number of likely N-dealkylation sites (N-methyl/N-ethyl adjacent to an activating group) is 1. The van der Waals surface area contributed by atoms with Gasteiger partial charge in [0.25, 0.3) is 5.91 Å². The minimum absolute atomic E-state index is 0.0650. The number of carbonyl (C=O) groups excluding carboxylic acids is 2. The Balaban J connectivity index is 1.34. The van der Waals surface area contributed by atoms with Gasteiger partial charge in [-0.3, -0.25) is 14.5 Å². The summed E-state index contributed by atoms with van der Waals surface area (Å²) in [6.45, 7) is 9.45. The molecule has 3 atom stereocenters. The number of nitrogens with one attached hydrogen (secondary N) is 1. The fourth-order valence-corrected chi connectivity index (χ4v) is 5.79. The molecular weight excluding hydrogens is 590 g/mol. The van der Waals surface area contributed by atoms with Crippen LogP contribution in [0.2, 0.25) is 0 Å². The third kappa shape index (κ3) is 8.58. The van der Waals surface area contributed by atoms with Gasteiger partial charge in [0.1, 0.15) is 17.6 Å². The van der Waals surface area contributed by atoms with Gasteiger partial charge in [0.05, 0.1) is 30.3 Å². The zero-order valence-corrected chi connectivity index (χ0v) is 27.9. The summed E-state index contributed by atoms with van der Waals surface area (Å²) in [6.07, 6.45) is -0.109. The number of fused-ring (bicyclic) bond motifs is 1. The molecule has 246 valence electrons. The fourth-order valence-electron chi connectivity index (χ4n) is 5.79. The highest BCUT2D eigenvalue weighted by Gasteiger charge is 2.34. The molecule has 47 heavy (non-hydrogen) atoms. The van der Waals surface area contributed by atoms with Crippen LogP contribution in [0.5, 0.6) is 17.2 Å². The number of ether oxygens (including phenoxy) is 2. The monoisotopic (exact) mass is 635 g/mol. The SMILES string of the molecule is Cc1ccc(CC(=O)Nc2cccc3c2O[C@H](CN(C)Cc2ccc(Oc4ccccc4C)cc2)[C@H](C)CN([C@@H](C)CO)C3=O)cc1. The number of hydrogen-bond donors (Lipinski definition) is 2. The summed E-state index contributed by atoms with van der Waals surface area (Å²) < 4.78 is 12.8. The van der Waals surface area contributed by atoms with E-state index in [1.54, 1.807) is 23.1 Å². The normalized spacial score (nSPS) is 16.9. The van der Waals surface area contributed by atoms with Gasteiger partial charge in [0, 0.05) is 25.6 Å². The fraction of sp³-hybridized carbons (Fsp3) is 0.333. The Morgan fingerprint density at radius 3 is 2.40 bits per heavy atom. The average molecular weight is 636 g/mol. The molecule has 0 radical (unpaired) electrons. The predicted molar refractivity (Wildman–Crippen MR) is 185 cm³/mol. The van der Waals surface area contributed by atoms with Gasteiger partial charge in [-0.25, -0.2) is 0 Å². The molecule has 4 aromatic rings. The summed E-state index contributed by atoms with van der Waals surface area (Å²) in [7, 11) is 2.04. The summed E-state index contributed by atoms with van der Waals surface area (Å²) in [5, 5.41) is 13.0. The highest BCUT2D eigenvalue weighted by atomic mass is 16.5. The molecule has 1 aliphatic rings. The van der Waals surface area contributed by atoms with Crippen LogP contribution < -0.4 is 14.8 Å². The lowest BCUT2D eigenvalue weighted by Crippen LogP contribution is -2.49. The molecule has 0 bridgehead atoms. The van der Waals surface area contributed by atoms with E-state index in [4.69, 9.17) is 9.47 Å². The van der Waals surface area contributed by atoms with Crippen LogP contribution in [0.3, 0.4) is 0 Å². The minimum Gasteiger partial charge on any atom is -0.486 e. The number of hydrogen-bond acceptors (Lipinski definition) is 6. The Kier molecular flexibility index (Phi) is 11.0. The van der Waals surface area contributed by atoms with Crippen molar-refractivity contribution >= 4 is 17.5 Å². The lowest BCUT2D eigenvalue weighted by atomic mass is 9.98. The molecule has 0 spiro atoms. The van der Waals surface area contributed by atoms with Crippen molar-refractivity contribution in [3.63, 3.8) is 0 Å². The van der Waals surface area contributed by atoms with E-state index >= 15 is 0 Å². The Hall–Kier alpha value is -4.66. The van der Waals surface area contributed by atoms with Crippen molar-refractivity contribution in [3.8, 4) is 17.2 Å². The predicted octanol–water partition coefficient (Wildman–Crippen LogP) is 6.63. The Labute approximate surface area is 277 Å². The number of aliphatic hydroxyl groups is 1. The molecule has 1 heterocycles. The molecule has 1 aliphatic heterocycles. The maximum atomic E-state index is 13.8. The van der Waals surface area contributed by atoms with Crippen molar-refractivity contribution in [2.75, 3.05) is 32.1 Å². The second kappa shape index (κ2) is 15.3. The van der Waals surface area contributed by atoms with E-state index in [1.807, 2.05) is 88.5 Å². The molecule has 0 aliphatic carbocycles. The maximum absolute atomic E-state index is 13.8. The van der Waals surface area contributed by atoms with Gasteiger partial charge < -0.3 is 24.8 Å². The zero-order valence-electron chi connectivity index (χ0n) is 27.9. The first kappa shape index (κ1) is 33.7. The quantitative estimate of drug-likeness (QED) is 0.192. The van der Waals surface area contributed by atoms with Gasteiger partial charge in [-0.05, 0) is 74.8 Å². The smallest absolute Gasteiger partial charge is 0.258 e. The van der Waals surface area contributed by atoms with Crippen LogP contribution in [0.4, 0.5) is 5.69 Å². The molecular formula is C39H45N3O5. The average Bonchev–Trinajstić information content (AvgIpc) is 3.05. The molecule has 4 aromatic carbocycles. The van der Waals surface area contributed by atoms with Crippen LogP contribution in [-0.2, 0) is 17.8 Å². The van der Waals surface area contributed by atoms with Gasteiger partial charge in [0.2, 0.25) is 5.91 Å². The van der Waals surface area contributed by atoms with Crippen molar-refractivity contribution < 1.29 is 24.2 Å². The number of aliphatic hydroxyl groups excluding tert-OH is 1. The van der Waals surface area contributed by atoms with E-state index in [0.29, 0.717) is 36.6 Å². The highest BCUT2D eigenvalue weighted by molar-refractivity contribution is 6.02. The van der Waals surface area contributed by atoms with Crippen molar-refractivity contribution in [1.29, 1.82) is 0 Å². The molecule has 2 N–H and O–H groups in total. The van der Waals surface area contributed by atoms with Gasteiger partial charge in [-0.1, -0.05) is 73.2 Å². The molecule has 2 amide bonds. The number of carbonyl (C=O) groups is 2. The molecule has 0 unspecified atom stereocenters. The summed E-state index contributed by atoms with van der Waals surface area (Å²) in [5.41, 5.74) is 5.04. The van der Waals surface area contributed by atoms with E-state index in [-0.39, 0.29) is 42.9 Å². The largest absolute Gasteiger partial charge is 0.486 e. The van der Waals surface area contributed by atoms with Crippen molar-refractivity contribution in [1.82, 2.24) is 9.80 Å². The maximum Gasteiger partial charge on any atom is 0.258 e. The second-order valence-corrected chi connectivity index (χ2v) is 12.7. The van der Waals surface area contributed by atoms with Crippen LogP contribution in [-0.4, -0.2) is 65.6 Å². The van der Waals surface area contributed by atoms with Gasteiger partial charge in [-0.2, -0.15) is 0 Å². The van der Waals surface area contributed by atoms with Crippen LogP contribution in [0.25, 0.3) is 0 Å². The zero-order chi connectivity index (χ0) is 33.5. The van der Waals surface area contributed by atoms with Gasteiger partial charge in [-0.15, -0.1) is 0 Å².